The van der Waals surface area contributed by atoms with E-state index in [1.807, 2.05) is 30.6 Å². The van der Waals surface area contributed by atoms with E-state index in [4.69, 9.17) is 4.98 Å². The van der Waals surface area contributed by atoms with Crippen LogP contribution in [0.4, 0.5) is 0 Å². The molecule has 0 fully saturated rings. The van der Waals surface area contributed by atoms with Gasteiger partial charge in [0.2, 0.25) is 0 Å². The molecule has 0 spiro atoms. The van der Waals surface area contributed by atoms with Crippen LogP contribution in [0, 0.1) is 0 Å². The molecular formula is C19H20N6. The van der Waals surface area contributed by atoms with Crippen molar-refractivity contribution >= 4 is 11.2 Å². The summed E-state index contributed by atoms with van der Waals surface area (Å²) < 4.78 is 2.05. The van der Waals surface area contributed by atoms with Gasteiger partial charge in [-0.3, -0.25) is 9.67 Å². The molecule has 4 rings (SSSR count). The highest BCUT2D eigenvalue weighted by atomic mass is 15.2. The van der Waals surface area contributed by atoms with Gasteiger partial charge in [-0.1, -0.05) is 31.9 Å². The van der Waals surface area contributed by atoms with Gasteiger partial charge in [-0.2, -0.15) is 5.10 Å². The highest BCUT2D eigenvalue weighted by molar-refractivity contribution is 5.74. The number of aryl methyl sites for hydroxylation is 1. The largest absolute Gasteiger partial charge is 0.300 e. The SMILES string of the molecule is CCCCCc1cnc2c(ccn2-c2cccc(-c3ncn[nH]3)c2)n1. The first-order valence-electron chi connectivity index (χ1n) is 8.64. The van der Waals surface area contributed by atoms with Crippen LogP contribution in [0.3, 0.4) is 0 Å². The highest BCUT2D eigenvalue weighted by Gasteiger charge is 2.09. The van der Waals surface area contributed by atoms with Gasteiger partial charge >= 0.3 is 0 Å². The number of H-pyrrole nitrogens is 1. The molecule has 0 aliphatic heterocycles. The van der Waals surface area contributed by atoms with E-state index >= 15 is 0 Å². The van der Waals surface area contributed by atoms with Crippen LogP contribution in [0.25, 0.3) is 28.2 Å². The zero-order valence-corrected chi connectivity index (χ0v) is 14.2. The predicted octanol–water partition coefficient (Wildman–Crippen LogP) is 3.94. The topological polar surface area (TPSA) is 72.3 Å². The van der Waals surface area contributed by atoms with E-state index in [-0.39, 0.29) is 0 Å². The van der Waals surface area contributed by atoms with E-state index in [0.29, 0.717) is 0 Å². The third kappa shape index (κ3) is 3.15. The quantitative estimate of drug-likeness (QED) is 0.543. The Morgan fingerprint density at radius 1 is 1.12 bits per heavy atom. The van der Waals surface area contributed by atoms with E-state index in [9.17, 15) is 0 Å². The normalized spacial score (nSPS) is 11.2. The summed E-state index contributed by atoms with van der Waals surface area (Å²) in [7, 11) is 0. The fourth-order valence-corrected chi connectivity index (χ4v) is 2.98. The van der Waals surface area contributed by atoms with Crippen molar-refractivity contribution in [2.45, 2.75) is 32.6 Å². The standard InChI is InChI=1S/C19H20N6/c1-2-3-4-7-15-12-20-19-17(23-15)9-10-25(19)16-8-5-6-14(11-16)18-21-13-22-24-18/h5-6,8-13H,2-4,7H2,1H3,(H,21,22,24). The van der Waals surface area contributed by atoms with Gasteiger partial charge < -0.3 is 0 Å². The smallest absolute Gasteiger partial charge is 0.163 e. The highest BCUT2D eigenvalue weighted by Crippen LogP contribution is 2.22. The van der Waals surface area contributed by atoms with E-state index in [1.54, 1.807) is 0 Å². The summed E-state index contributed by atoms with van der Waals surface area (Å²) in [5.74, 6) is 0.752. The van der Waals surface area contributed by atoms with Crippen molar-refractivity contribution < 1.29 is 0 Å². The zero-order chi connectivity index (χ0) is 17.1. The molecule has 0 atom stereocenters. The van der Waals surface area contributed by atoms with Crippen molar-refractivity contribution in [2.24, 2.45) is 0 Å². The molecule has 0 unspecified atom stereocenters. The molecule has 4 aromatic rings. The van der Waals surface area contributed by atoms with Gasteiger partial charge in [0, 0.05) is 17.4 Å². The van der Waals surface area contributed by atoms with E-state index in [1.165, 1.54) is 19.2 Å². The van der Waals surface area contributed by atoms with Crippen molar-refractivity contribution in [1.29, 1.82) is 0 Å². The molecule has 0 radical (unpaired) electrons. The summed E-state index contributed by atoms with van der Waals surface area (Å²) in [6, 6.07) is 10.2. The summed E-state index contributed by atoms with van der Waals surface area (Å²) in [5.41, 5.74) is 4.88. The summed E-state index contributed by atoms with van der Waals surface area (Å²) in [6.07, 6.45) is 10.0. The van der Waals surface area contributed by atoms with Gasteiger partial charge in [0.25, 0.3) is 0 Å². The van der Waals surface area contributed by atoms with Crippen LogP contribution in [0.5, 0.6) is 0 Å². The van der Waals surface area contributed by atoms with Gasteiger partial charge in [-0.25, -0.2) is 15.0 Å². The lowest BCUT2D eigenvalue weighted by Crippen LogP contribution is -1.97. The van der Waals surface area contributed by atoms with Crippen LogP contribution in [-0.2, 0) is 6.42 Å². The Bertz CT molecular complexity index is 971. The molecule has 0 aliphatic carbocycles. The lowest BCUT2D eigenvalue weighted by atomic mass is 10.2. The van der Waals surface area contributed by atoms with Crippen LogP contribution >= 0.6 is 0 Å². The number of fused-ring (bicyclic) bond motifs is 1. The van der Waals surface area contributed by atoms with Gasteiger partial charge in [-0.05, 0) is 31.0 Å². The number of nitrogens with one attached hydrogen (secondary N) is 1. The molecule has 0 saturated carbocycles. The van der Waals surface area contributed by atoms with Crippen LogP contribution < -0.4 is 0 Å². The number of aromatic amines is 1. The molecule has 3 heterocycles. The Balaban J connectivity index is 1.67. The first-order chi connectivity index (χ1) is 12.3. The van der Waals surface area contributed by atoms with Crippen molar-refractivity contribution in [1.82, 2.24) is 29.7 Å². The average molecular weight is 332 g/mol. The monoisotopic (exact) mass is 332 g/mol. The molecular weight excluding hydrogens is 312 g/mol. The zero-order valence-electron chi connectivity index (χ0n) is 14.2. The summed E-state index contributed by atoms with van der Waals surface area (Å²) in [6.45, 7) is 2.21. The molecule has 6 heteroatoms. The van der Waals surface area contributed by atoms with E-state index in [0.717, 1.165) is 46.8 Å². The lowest BCUT2D eigenvalue weighted by Gasteiger charge is -2.07. The number of nitrogens with zero attached hydrogens (tertiary/aromatic N) is 5. The third-order valence-electron chi connectivity index (χ3n) is 4.29. The molecule has 0 amide bonds. The molecule has 1 aromatic carbocycles. The number of aromatic nitrogens is 6. The Morgan fingerprint density at radius 2 is 2.08 bits per heavy atom. The number of rotatable bonds is 6. The summed E-state index contributed by atoms with van der Waals surface area (Å²) >= 11 is 0. The molecule has 1 N–H and O–H groups in total. The number of benzene rings is 1. The first-order valence-corrected chi connectivity index (χ1v) is 8.64. The number of hydrogen-bond acceptors (Lipinski definition) is 4. The van der Waals surface area contributed by atoms with Gasteiger partial charge in [-0.15, -0.1) is 0 Å². The van der Waals surface area contributed by atoms with Gasteiger partial charge in [0.15, 0.2) is 11.5 Å². The average Bonchev–Trinajstić information content (AvgIpc) is 3.32. The molecule has 0 aliphatic rings. The Morgan fingerprint density at radius 3 is 2.92 bits per heavy atom. The Kier molecular flexibility index (Phi) is 4.24. The molecule has 0 bridgehead atoms. The van der Waals surface area contributed by atoms with Crippen molar-refractivity contribution in [3.05, 3.63) is 54.7 Å². The van der Waals surface area contributed by atoms with Crippen LogP contribution in [0.15, 0.2) is 49.1 Å². The van der Waals surface area contributed by atoms with Crippen molar-refractivity contribution in [3.63, 3.8) is 0 Å². The Hall–Kier alpha value is -3.02. The molecule has 6 nitrogen and oxygen atoms in total. The number of unbranched alkanes of at least 4 members (excludes halogenated alkanes) is 2. The summed E-state index contributed by atoms with van der Waals surface area (Å²) in [4.78, 5) is 13.6. The second-order valence-electron chi connectivity index (χ2n) is 6.10. The van der Waals surface area contributed by atoms with Crippen LogP contribution in [0.1, 0.15) is 31.9 Å². The number of hydrogen-bond donors (Lipinski definition) is 1. The second-order valence-corrected chi connectivity index (χ2v) is 6.10. The van der Waals surface area contributed by atoms with Gasteiger partial charge in [0.1, 0.15) is 11.8 Å². The van der Waals surface area contributed by atoms with Crippen LogP contribution in [0.2, 0.25) is 0 Å². The van der Waals surface area contributed by atoms with E-state index < -0.39 is 0 Å². The fourth-order valence-electron chi connectivity index (χ4n) is 2.98. The van der Waals surface area contributed by atoms with Crippen molar-refractivity contribution in [3.8, 4) is 17.1 Å². The van der Waals surface area contributed by atoms with Gasteiger partial charge in [0.05, 0.1) is 11.9 Å². The lowest BCUT2D eigenvalue weighted by molar-refractivity contribution is 0.707. The van der Waals surface area contributed by atoms with Crippen LogP contribution in [-0.4, -0.2) is 29.7 Å². The summed E-state index contributed by atoms with van der Waals surface area (Å²) in [5, 5.41) is 6.81. The minimum atomic E-state index is 0.752. The molecule has 0 saturated heterocycles. The maximum Gasteiger partial charge on any atom is 0.163 e. The fraction of sp³-hybridized carbons (Fsp3) is 0.263. The second kappa shape index (κ2) is 6.84. The maximum absolute atomic E-state index is 4.75. The predicted molar refractivity (Wildman–Crippen MR) is 97.5 cm³/mol. The first kappa shape index (κ1) is 15.5. The van der Waals surface area contributed by atoms with E-state index in [2.05, 4.69) is 43.8 Å². The minimum Gasteiger partial charge on any atom is -0.300 e. The third-order valence-corrected chi connectivity index (χ3v) is 4.29. The van der Waals surface area contributed by atoms with Crippen molar-refractivity contribution in [2.75, 3.05) is 0 Å². The molecule has 25 heavy (non-hydrogen) atoms. The maximum atomic E-state index is 4.75. The Labute approximate surface area is 146 Å². The molecule has 3 aromatic heterocycles. The molecule has 126 valence electrons. The minimum absolute atomic E-state index is 0.752.